The molecule has 4 heterocycles. The highest BCUT2D eigenvalue weighted by molar-refractivity contribution is 7.98. The first kappa shape index (κ1) is 26.4. The van der Waals surface area contributed by atoms with E-state index in [1.165, 1.54) is 11.8 Å². The van der Waals surface area contributed by atoms with E-state index < -0.39 is 0 Å². The van der Waals surface area contributed by atoms with E-state index in [0.717, 1.165) is 35.9 Å². The number of aromatic nitrogens is 4. The molecule has 0 aliphatic carbocycles. The lowest BCUT2D eigenvalue weighted by Crippen LogP contribution is -2.36. The van der Waals surface area contributed by atoms with Crippen molar-refractivity contribution in [2.24, 2.45) is 0 Å². The predicted molar refractivity (Wildman–Crippen MR) is 150 cm³/mol. The van der Waals surface area contributed by atoms with Crippen LogP contribution in [0.15, 0.2) is 64.8 Å². The van der Waals surface area contributed by atoms with Crippen LogP contribution in [0.3, 0.4) is 0 Å². The zero-order valence-corrected chi connectivity index (χ0v) is 22.4. The fraction of sp³-hybridized carbons (Fsp3) is 0.333. The topological polar surface area (TPSA) is 94.4 Å². The van der Waals surface area contributed by atoms with Gasteiger partial charge in [-0.15, -0.1) is 0 Å². The van der Waals surface area contributed by atoms with Crippen LogP contribution in [0.25, 0.3) is 10.9 Å². The molecule has 194 valence electrons. The Morgan fingerprint density at radius 3 is 2.46 bits per heavy atom. The highest BCUT2D eigenvalue weighted by atomic mass is 32.2. The standard InChI is InChI=1S/C25H26N6O3S.C2H6/c1-33-19-6-3-17(4-7-19)16-31-10-9-20-22(24(31)32)23(29-25(28-20)35-2)27-18-5-8-21(26-15-18)30-11-13-34-14-12-30;1-2/h3-10,15H,11-14,16H2,1-2H3,(H,27,28,29);1-2H3. The zero-order valence-electron chi connectivity index (χ0n) is 21.6. The molecule has 4 aromatic rings. The van der Waals surface area contributed by atoms with Crippen LogP contribution in [-0.4, -0.2) is 59.2 Å². The van der Waals surface area contributed by atoms with Gasteiger partial charge in [0.1, 0.15) is 22.8 Å². The molecule has 1 fully saturated rings. The van der Waals surface area contributed by atoms with Crippen LogP contribution in [0.4, 0.5) is 17.3 Å². The van der Waals surface area contributed by atoms with Crippen molar-refractivity contribution in [3.8, 4) is 5.75 Å². The Bertz CT molecular complexity index is 1370. The Balaban J connectivity index is 0.00000156. The molecule has 0 bridgehead atoms. The summed E-state index contributed by atoms with van der Waals surface area (Å²) in [5.41, 5.74) is 2.18. The number of hydrogen-bond donors (Lipinski definition) is 1. The monoisotopic (exact) mass is 520 g/mol. The van der Waals surface area contributed by atoms with Gasteiger partial charge in [0.05, 0.1) is 44.3 Å². The Kier molecular flexibility index (Phi) is 8.97. The number of nitrogens with zero attached hydrogens (tertiary/aromatic N) is 5. The number of benzene rings is 1. The van der Waals surface area contributed by atoms with Gasteiger partial charge in [0, 0.05) is 19.3 Å². The van der Waals surface area contributed by atoms with Gasteiger partial charge in [-0.25, -0.2) is 15.0 Å². The van der Waals surface area contributed by atoms with Crippen molar-refractivity contribution >= 4 is 40.0 Å². The molecule has 1 saturated heterocycles. The van der Waals surface area contributed by atoms with Crippen LogP contribution in [0, 0.1) is 0 Å². The normalized spacial score (nSPS) is 13.1. The summed E-state index contributed by atoms with van der Waals surface area (Å²) >= 11 is 1.43. The van der Waals surface area contributed by atoms with Crippen LogP contribution in [0.1, 0.15) is 19.4 Å². The highest BCUT2D eigenvalue weighted by Crippen LogP contribution is 2.25. The molecule has 9 nitrogen and oxygen atoms in total. The van der Waals surface area contributed by atoms with Gasteiger partial charge in [-0.3, -0.25) is 4.79 Å². The van der Waals surface area contributed by atoms with Gasteiger partial charge < -0.3 is 24.3 Å². The van der Waals surface area contributed by atoms with Crippen LogP contribution >= 0.6 is 11.8 Å². The van der Waals surface area contributed by atoms with Gasteiger partial charge in [-0.2, -0.15) is 0 Å². The van der Waals surface area contributed by atoms with E-state index in [0.29, 0.717) is 41.6 Å². The summed E-state index contributed by atoms with van der Waals surface area (Å²) in [6.45, 7) is 7.48. The van der Waals surface area contributed by atoms with Crippen molar-refractivity contribution in [3.63, 3.8) is 0 Å². The maximum absolute atomic E-state index is 13.5. The minimum Gasteiger partial charge on any atom is -0.497 e. The lowest BCUT2D eigenvalue weighted by molar-refractivity contribution is 0.122. The Morgan fingerprint density at radius 2 is 1.81 bits per heavy atom. The van der Waals surface area contributed by atoms with Gasteiger partial charge >= 0.3 is 0 Å². The minimum absolute atomic E-state index is 0.161. The lowest BCUT2D eigenvalue weighted by atomic mass is 10.2. The molecule has 10 heteroatoms. The molecule has 0 amide bonds. The Labute approximate surface area is 220 Å². The summed E-state index contributed by atoms with van der Waals surface area (Å²) < 4.78 is 12.3. The smallest absolute Gasteiger partial charge is 0.264 e. The maximum Gasteiger partial charge on any atom is 0.264 e. The molecule has 1 aromatic carbocycles. The average molecular weight is 521 g/mol. The van der Waals surface area contributed by atoms with E-state index in [-0.39, 0.29) is 5.56 Å². The summed E-state index contributed by atoms with van der Waals surface area (Å²) in [7, 11) is 1.63. The van der Waals surface area contributed by atoms with E-state index >= 15 is 0 Å². The lowest BCUT2D eigenvalue weighted by Gasteiger charge is -2.27. The molecule has 5 rings (SSSR count). The second kappa shape index (κ2) is 12.6. The molecule has 1 aliphatic rings. The quantitative estimate of drug-likeness (QED) is 0.278. The van der Waals surface area contributed by atoms with Crippen LogP contribution in [0.2, 0.25) is 0 Å². The molecule has 1 aliphatic heterocycles. The molecule has 1 N–H and O–H groups in total. The SMILES string of the molecule is CC.COc1ccc(Cn2ccc3nc(SC)nc(Nc4ccc(N5CCOCC5)nc4)c3c2=O)cc1. The number of fused-ring (bicyclic) bond motifs is 1. The van der Waals surface area contributed by atoms with E-state index in [2.05, 4.69) is 25.2 Å². The number of morpholine rings is 1. The minimum atomic E-state index is -0.161. The van der Waals surface area contributed by atoms with Crippen molar-refractivity contribution < 1.29 is 9.47 Å². The molecule has 0 unspecified atom stereocenters. The molecule has 0 spiro atoms. The van der Waals surface area contributed by atoms with Crippen LogP contribution in [0.5, 0.6) is 5.75 Å². The molecular formula is C27H32N6O3S. The highest BCUT2D eigenvalue weighted by Gasteiger charge is 2.15. The predicted octanol–water partition coefficient (Wildman–Crippen LogP) is 4.57. The summed E-state index contributed by atoms with van der Waals surface area (Å²) in [5.74, 6) is 2.14. The number of rotatable bonds is 7. The maximum atomic E-state index is 13.5. The number of hydrogen-bond acceptors (Lipinski definition) is 9. The van der Waals surface area contributed by atoms with Gasteiger partial charge in [0.25, 0.3) is 5.56 Å². The third-order valence-corrected chi connectivity index (χ3v) is 6.39. The third-order valence-electron chi connectivity index (χ3n) is 5.84. The average Bonchev–Trinajstić information content (AvgIpc) is 2.96. The summed E-state index contributed by atoms with van der Waals surface area (Å²) in [5, 5.41) is 4.33. The summed E-state index contributed by atoms with van der Waals surface area (Å²) in [6, 6.07) is 13.4. The largest absolute Gasteiger partial charge is 0.497 e. The van der Waals surface area contributed by atoms with E-state index in [1.807, 2.05) is 62.6 Å². The first-order valence-corrected chi connectivity index (χ1v) is 13.5. The van der Waals surface area contributed by atoms with Gasteiger partial charge in [0.2, 0.25) is 0 Å². The molecule has 0 atom stereocenters. The Hall–Kier alpha value is -3.63. The van der Waals surface area contributed by atoms with E-state index in [9.17, 15) is 4.79 Å². The first-order valence-electron chi connectivity index (χ1n) is 12.3. The second-order valence-corrected chi connectivity index (χ2v) is 8.82. The zero-order chi connectivity index (χ0) is 26.2. The molecule has 3 aromatic heterocycles. The fourth-order valence-corrected chi connectivity index (χ4v) is 4.34. The number of pyridine rings is 2. The third kappa shape index (κ3) is 6.20. The van der Waals surface area contributed by atoms with Gasteiger partial charge in [-0.1, -0.05) is 37.7 Å². The second-order valence-electron chi connectivity index (χ2n) is 8.05. The number of methoxy groups -OCH3 is 1. The number of ether oxygens (including phenoxy) is 2. The van der Waals surface area contributed by atoms with Crippen molar-refractivity contribution in [3.05, 3.63) is 70.8 Å². The molecule has 0 saturated carbocycles. The molecule has 0 radical (unpaired) electrons. The van der Waals surface area contributed by atoms with Crippen molar-refractivity contribution in [1.29, 1.82) is 0 Å². The van der Waals surface area contributed by atoms with Crippen molar-refractivity contribution in [1.82, 2.24) is 19.5 Å². The van der Waals surface area contributed by atoms with Gasteiger partial charge in [0.15, 0.2) is 5.16 Å². The van der Waals surface area contributed by atoms with Crippen LogP contribution < -0.4 is 20.5 Å². The summed E-state index contributed by atoms with van der Waals surface area (Å²) in [4.78, 5) is 29.5. The fourth-order valence-electron chi connectivity index (χ4n) is 3.97. The van der Waals surface area contributed by atoms with Gasteiger partial charge in [-0.05, 0) is 42.2 Å². The van der Waals surface area contributed by atoms with E-state index in [1.54, 1.807) is 24.1 Å². The number of thioether (sulfide) groups is 1. The van der Waals surface area contributed by atoms with E-state index in [4.69, 9.17) is 9.47 Å². The van der Waals surface area contributed by atoms with Crippen molar-refractivity contribution in [2.45, 2.75) is 25.5 Å². The van der Waals surface area contributed by atoms with Crippen molar-refractivity contribution in [2.75, 3.05) is 49.9 Å². The first-order chi connectivity index (χ1) is 18.1. The summed E-state index contributed by atoms with van der Waals surface area (Å²) in [6.07, 6.45) is 5.44. The number of anilines is 3. The molecular weight excluding hydrogens is 488 g/mol. The Morgan fingerprint density at radius 1 is 1.05 bits per heavy atom. The molecule has 37 heavy (non-hydrogen) atoms. The van der Waals surface area contributed by atoms with Crippen LogP contribution in [-0.2, 0) is 11.3 Å². The number of nitrogens with one attached hydrogen (secondary N) is 1.